The number of aromatic nitrogens is 6. The van der Waals surface area contributed by atoms with Crippen LogP contribution < -0.4 is 4.72 Å². The molecule has 2 aliphatic rings. The summed E-state index contributed by atoms with van der Waals surface area (Å²) < 4.78 is 33.2. The Labute approximate surface area is 247 Å². The lowest BCUT2D eigenvalue weighted by Gasteiger charge is -2.38. The van der Waals surface area contributed by atoms with Crippen LogP contribution >= 0.6 is 0 Å². The number of carbonyl (C=O) groups excluding carboxylic acids is 1. The molecule has 4 heterocycles. The van der Waals surface area contributed by atoms with Crippen molar-refractivity contribution in [1.29, 1.82) is 0 Å². The highest BCUT2D eigenvalue weighted by atomic mass is 32.2. The van der Waals surface area contributed by atoms with Crippen LogP contribution in [0.3, 0.4) is 0 Å². The van der Waals surface area contributed by atoms with Gasteiger partial charge in [-0.25, -0.2) is 13.4 Å². The first-order chi connectivity index (χ1) is 20.8. The van der Waals surface area contributed by atoms with Gasteiger partial charge in [-0.3, -0.25) is 19.4 Å². The van der Waals surface area contributed by atoms with Gasteiger partial charge in [-0.15, -0.1) is 10.2 Å². The third-order valence-corrected chi connectivity index (χ3v) is 9.56. The minimum atomic E-state index is -3.39. The number of amides is 1. The molecule has 0 radical (unpaired) electrons. The van der Waals surface area contributed by atoms with Gasteiger partial charge in [0.2, 0.25) is 15.9 Å². The molecule has 1 amide bonds. The van der Waals surface area contributed by atoms with Crippen molar-refractivity contribution in [3.63, 3.8) is 0 Å². The van der Waals surface area contributed by atoms with Crippen molar-refractivity contribution in [3.8, 4) is 11.5 Å². The van der Waals surface area contributed by atoms with Gasteiger partial charge in [-0.05, 0) is 54.0 Å². The van der Waals surface area contributed by atoms with Gasteiger partial charge in [0.15, 0.2) is 11.4 Å². The summed E-state index contributed by atoms with van der Waals surface area (Å²) in [4.78, 5) is 27.9. The van der Waals surface area contributed by atoms with Crippen molar-refractivity contribution in [1.82, 2.24) is 40.0 Å². The zero-order valence-corrected chi connectivity index (χ0v) is 24.2. The summed E-state index contributed by atoms with van der Waals surface area (Å²) in [5.74, 6) is 0.762. The summed E-state index contributed by atoms with van der Waals surface area (Å²) in [6.07, 6.45) is 2.92. The molecule has 1 saturated carbocycles. The normalized spacial score (nSPS) is 16.8. The highest BCUT2D eigenvalue weighted by Gasteiger charge is 2.36. The van der Waals surface area contributed by atoms with Gasteiger partial charge >= 0.3 is 0 Å². The van der Waals surface area contributed by atoms with Gasteiger partial charge in [0.1, 0.15) is 11.2 Å². The molecule has 0 spiro atoms. The number of pyridine rings is 1. The van der Waals surface area contributed by atoms with Crippen LogP contribution in [0.15, 0.2) is 71.3 Å². The minimum Gasteiger partial charge on any atom is -0.436 e. The molecule has 14 heteroatoms. The zero-order valence-electron chi connectivity index (χ0n) is 23.4. The van der Waals surface area contributed by atoms with E-state index in [4.69, 9.17) is 4.42 Å². The molecule has 2 fully saturated rings. The summed E-state index contributed by atoms with van der Waals surface area (Å²) in [5, 5.41) is 12.4. The average molecular weight is 600 g/mol. The number of oxazole rings is 1. The molecule has 1 aliphatic heterocycles. The summed E-state index contributed by atoms with van der Waals surface area (Å²) in [6.45, 7) is 2.27. The minimum absolute atomic E-state index is 0.169. The SMILES string of the molecule is Cn1nnc(C(c2ccccc2)N2CCN(C(=O)c3cc(-c4nc5cc(NS(=O)(=O)C6CC6)ccc5o4)ccn3)CC2)n1. The molecule has 3 aromatic heterocycles. The predicted molar refractivity (Wildman–Crippen MR) is 157 cm³/mol. The number of benzene rings is 2. The fraction of sp³-hybridized carbons (Fsp3) is 0.310. The number of aryl methyl sites for hydroxylation is 1. The lowest BCUT2D eigenvalue weighted by atomic mass is 10.0. The summed E-state index contributed by atoms with van der Waals surface area (Å²) in [7, 11) is -1.64. The Balaban J connectivity index is 1.06. The monoisotopic (exact) mass is 599 g/mol. The lowest BCUT2D eigenvalue weighted by molar-refractivity contribution is 0.0586. The molecule has 0 bridgehead atoms. The van der Waals surface area contributed by atoms with Crippen LogP contribution in [0.1, 0.15) is 40.8 Å². The molecule has 7 rings (SSSR count). The number of anilines is 1. The van der Waals surface area contributed by atoms with Gasteiger partial charge in [0.05, 0.1) is 24.0 Å². The largest absolute Gasteiger partial charge is 0.436 e. The molecule has 1 atom stereocenters. The van der Waals surface area contributed by atoms with Crippen molar-refractivity contribution in [3.05, 3.63) is 83.9 Å². The number of fused-ring (bicyclic) bond motifs is 1. The van der Waals surface area contributed by atoms with E-state index < -0.39 is 10.0 Å². The molecule has 1 unspecified atom stereocenters. The van der Waals surface area contributed by atoms with E-state index in [2.05, 4.69) is 35.0 Å². The number of hydrogen-bond acceptors (Lipinski definition) is 10. The summed E-state index contributed by atoms with van der Waals surface area (Å²) in [5.41, 5.74) is 3.42. The number of sulfonamides is 1. The Morgan fingerprint density at radius 1 is 1.02 bits per heavy atom. The van der Waals surface area contributed by atoms with Crippen molar-refractivity contribution in [2.24, 2.45) is 7.05 Å². The maximum absolute atomic E-state index is 13.5. The van der Waals surface area contributed by atoms with Gasteiger partial charge in [-0.2, -0.15) is 4.80 Å². The number of rotatable bonds is 8. The predicted octanol–water partition coefficient (Wildman–Crippen LogP) is 2.86. The first-order valence-electron chi connectivity index (χ1n) is 14.0. The smallest absolute Gasteiger partial charge is 0.272 e. The van der Waals surface area contributed by atoms with Crippen LogP contribution in [0.4, 0.5) is 5.69 Å². The van der Waals surface area contributed by atoms with Crippen LogP contribution in [0.2, 0.25) is 0 Å². The van der Waals surface area contributed by atoms with E-state index in [1.165, 1.54) is 4.80 Å². The Bertz CT molecular complexity index is 1900. The van der Waals surface area contributed by atoms with Crippen LogP contribution in [0.25, 0.3) is 22.6 Å². The quantitative estimate of drug-likeness (QED) is 0.282. The van der Waals surface area contributed by atoms with E-state index in [0.717, 1.165) is 5.56 Å². The third kappa shape index (κ3) is 5.58. The molecule has 2 aromatic carbocycles. The highest BCUT2D eigenvalue weighted by molar-refractivity contribution is 7.93. The topological polar surface area (TPSA) is 152 Å². The first kappa shape index (κ1) is 27.2. The maximum Gasteiger partial charge on any atom is 0.272 e. The van der Waals surface area contributed by atoms with Gasteiger partial charge < -0.3 is 9.32 Å². The second-order valence-electron chi connectivity index (χ2n) is 10.8. The Morgan fingerprint density at radius 3 is 2.53 bits per heavy atom. The second kappa shape index (κ2) is 10.9. The molecular formula is C29H29N9O4S. The Morgan fingerprint density at radius 2 is 1.81 bits per heavy atom. The molecule has 1 saturated heterocycles. The Hall–Kier alpha value is -4.69. The van der Waals surface area contributed by atoms with Crippen molar-refractivity contribution in [2.45, 2.75) is 24.1 Å². The molecule has 43 heavy (non-hydrogen) atoms. The van der Waals surface area contributed by atoms with E-state index in [1.54, 1.807) is 48.5 Å². The Kier molecular flexibility index (Phi) is 6.86. The molecule has 1 aliphatic carbocycles. The van der Waals surface area contributed by atoms with Crippen molar-refractivity contribution >= 4 is 32.7 Å². The van der Waals surface area contributed by atoms with E-state index in [9.17, 15) is 13.2 Å². The van der Waals surface area contributed by atoms with Gasteiger partial charge in [-0.1, -0.05) is 30.3 Å². The molecule has 13 nitrogen and oxygen atoms in total. The number of nitrogens with one attached hydrogen (secondary N) is 1. The number of hydrogen-bond donors (Lipinski definition) is 1. The first-order valence-corrected chi connectivity index (χ1v) is 15.6. The second-order valence-corrected chi connectivity index (χ2v) is 12.7. The van der Waals surface area contributed by atoms with Crippen LogP contribution in [-0.2, 0) is 17.1 Å². The highest BCUT2D eigenvalue weighted by Crippen LogP contribution is 2.32. The molecule has 220 valence electrons. The third-order valence-electron chi connectivity index (χ3n) is 7.69. The summed E-state index contributed by atoms with van der Waals surface area (Å²) in [6, 6.07) is 18.3. The number of carbonyl (C=O) groups is 1. The standard InChI is InChI=1S/C29H29N9O4S/c1-36-33-27(32-35-36)26(19-5-3-2-4-6-19)37-13-15-38(16-14-37)29(39)24-17-20(11-12-30-24)28-31-23-18-21(7-10-25(23)42-28)34-43(40,41)22-8-9-22/h2-7,10-12,17-18,22,26,34H,8-9,13-16H2,1H3. The van der Waals surface area contributed by atoms with Crippen LogP contribution in [-0.4, -0.2) is 85.7 Å². The van der Waals surface area contributed by atoms with Gasteiger partial charge in [0, 0.05) is 37.9 Å². The number of tetrazole rings is 1. The fourth-order valence-electron chi connectivity index (χ4n) is 5.33. The van der Waals surface area contributed by atoms with Gasteiger partial charge in [0.25, 0.3) is 5.91 Å². The maximum atomic E-state index is 13.5. The molecular weight excluding hydrogens is 570 g/mol. The zero-order chi connectivity index (χ0) is 29.6. The van der Waals surface area contributed by atoms with Crippen LogP contribution in [0, 0.1) is 0 Å². The molecule has 5 aromatic rings. The average Bonchev–Trinajstić information content (AvgIpc) is 3.69. The van der Waals surface area contributed by atoms with Crippen LogP contribution in [0.5, 0.6) is 0 Å². The number of piperazine rings is 1. The van der Waals surface area contributed by atoms with E-state index in [1.807, 2.05) is 30.3 Å². The fourth-order valence-corrected chi connectivity index (χ4v) is 6.71. The summed E-state index contributed by atoms with van der Waals surface area (Å²) >= 11 is 0. The van der Waals surface area contributed by atoms with Crippen molar-refractivity contribution < 1.29 is 17.6 Å². The van der Waals surface area contributed by atoms with Crippen molar-refractivity contribution in [2.75, 3.05) is 30.9 Å². The molecule has 1 N–H and O–H groups in total. The van der Waals surface area contributed by atoms with E-state index in [0.29, 0.717) is 78.8 Å². The van der Waals surface area contributed by atoms with E-state index in [-0.39, 0.29) is 17.2 Å². The number of nitrogens with zero attached hydrogens (tertiary/aromatic N) is 8. The lowest BCUT2D eigenvalue weighted by Crippen LogP contribution is -2.50. The van der Waals surface area contributed by atoms with E-state index >= 15 is 0 Å².